The zero-order valence-corrected chi connectivity index (χ0v) is 17.4. The summed E-state index contributed by atoms with van der Waals surface area (Å²) in [4.78, 5) is 0. The molecule has 148 valence electrons. The minimum Gasteiger partial charge on any atom is -0.493 e. The minimum atomic E-state index is -0.359. The largest absolute Gasteiger partial charge is 0.493 e. The fraction of sp³-hybridized carbons (Fsp3) is 0.263. The molecule has 0 atom stereocenters. The molecule has 9 heteroatoms. The molecule has 0 amide bonds. The van der Waals surface area contributed by atoms with Gasteiger partial charge in [-0.3, -0.25) is 0 Å². The van der Waals surface area contributed by atoms with Gasteiger partial charge in [0.15, 0.2) is 22.5 Å². The highest BCUT2D eigenvalue weighted by atomic mass is 35.5. The van der Waals surface area contributed by atoms with Crippen molar-refractivity contribution in [3.8, 4) is 28.6 Å². The van der Waals surface area contributed by atoms with Crippen molar-refractivity contribution in [1.82, 2.24) is 14.8 Å². The van der Waals surface area contributed by atoms with Crippen molar-refractivity contribution >= 4 is 23.4 Å². The molecule has 6 nitrogen and oxygen atoms in total. The maximum Gasteiger partial charge on any atom is 0.203 e. The Morgan fingerprint density at radius 2 is 1.71 bits per heavy atom. The topological polar surface area (TPSA) is 58.4 Å². The first-order valence-corrected chi connectivity index (χ1v) is 9.61. The van der Waals surface area contributed by atoms with E-state index in [0.717, 1.165) is 11.1 Å². The van der Waals surface area contributed by atoms with E-state index in [2.05, 4.69) is 10.2 Å². The van der Waals surface area contributed by atoms with E-state index < -0.39 is 0 Å². The smallest absolute Gasteiger partial charge is 0.203 e. The quantitative estimate of drug-likeness (QED) is 0.518. The van der Waals surface area contributed by atoms with Crippen molar-refractivity contribution in [2.24, 2.45) is 7.05 Å². The Labute approximate surface area is 171 Å². The Hall–Kier alpha value is -2.45. The van der Waals surface area contributed by atoms with Gasteiger partial charge in [0.2, 0.25) is 5.75 Å². The third kappa shape index (κ3) is 4.02. The molecule has 3 rings (SSSR count). The van der Waals surface area contributed by atoms with Crippen LogP contribution >= 0.6 is 23.4 Å². The number of methoxy groups -OCH3 is 3. The predicted octanol–water partition coefficient (Wildman–Crippen LogP) is 4.59. The Morgan fingerprint density at radius 3 is 2.29 bits per heavy atom. The number of halogens is 2. The maximum atomic E-state index is 13.2. The highest BCUT2D eigenvalue weighted by Crippen LogP contribution is 2.41. The zero-order valence-electron chi connectivity index (χ0n) is 15.8. The van der Waals surface area contributed by atoms with E-state index in [-0.39, 0.29) is 5.82 Å². The standard InChI is InChI=1S/C19H19ClFN3O3S/c1-24-18(12-7-15(25-2)17(27-4)16(8-12)26-3)22-23-19(24)28-10-11-5-6-13(21)9-14(11)20/h5-9H,10H2,1-4H3. The summed E-state index contributed by atoms with van der Waals surface area (Å²) in [5, 5.41) is 9.63. The summed E-state index contributed by atoms with van der Waals surface area (Å²) in [6.45, 7) is 0. The Morgan fingerprint density at radius 1 is 1.04 bits per heavy atom. The molecule has 0 aliphatic heterocycles. The highest BCUT2D eigenvalue weighted by molar-refractivity contribution is 7.98. The molecule has 0 saturated carbocycles. The molecule has 0 radical (unpaired) electrons. The van der Waals surface area contributed by atoms with Crippen molar-refractivity contribution in [2.45, 2.75) is 10.9 Å². The zero-order chi connectivity index (χ0) is 20.3. The summed E-state index contributed by atoms with van der Waals surface area (Å²) in [7, 11) is 6.54. The number of ether oxygens (including phenoxy) is 3. The molecular weight excluding hydrogens is 405 g/mol. The Bertz CT molecular complexity index is 972. The summed E-state index contributed by atoms with van der Waals surface area (Å²) in [6, 6.07) is 7.99. The summed E-state index contributed by atoms with van der Waals surface area (Å²) >= 11 is 7.55. The van der Waals surface area contributed by atoms with Crippen molar-refractivity contribution in [2.75, 3.05) is 21.3 Å². The summed E-state index contributed by atoms with van der Waals surface area (Å²) in [5.74, 6) is 2.41. The van der Waals surface area contributed by atoms with Crippen molar-refractivity contribution in [1.29, 1.82) is 0 Å². The van der Waals surface area contributed by atoms with E-state index in [0.29, 0.717) is 39.0 Å². The van der Waals surface area contributed by atoms with Crippen LogP contribution in [0.2, 0.25) is 5.02 Å². The van der Waals surface area contributed by atoms with Gasteiger partial charge < -0.3 is 18.8 Å². The van der Waals surface area contributed by atoms with E-state index in [1.54, 1.807) is 27.4 Å². The number of thioether (sulfide) groups is 1. The van der Waals surface area contributed by atoms with Crippen molar-refractivity contribution < 1.29 is 18.6 Å². The van der Waals surface area contributed by atoms with Crippen LogP contribution in [0.1, 0.15) is 5.56 Å². The summed E-state index contributed by atoms with van der Waals surface area (Å²) in [5.41, 5.74) is 1.60. The van der Waals surface area contributed by atoms with Gasteiger partial charge in [0.1, 0.15) is 5.82 Å². The van der Waals surface area contributed by atoms with Crippen molar-refractivity contribution in [3.05, 3.63) is 46.7 Å². The molecule has 2 aromatic carbocycles. The van der Waals surface area contributed by atoms with Crippen LogP contribution in [0.3, 0.4) is 0 Å². The van der Waals surface area contributed by atoms with Gasteiger partial charge in [-0.05, 0) is 29.8 Å². The van der Waals surface area contributed by atoms with Crippen LogP contribution in [0.5, 0.6) is 17.2 Å². The second-order valence-corrected chi connectivity index (χ2v) is 7.15. The van der Waals surface area contributed by atoms with E-state index in [4.69, 9.17) is 25.8 Å². The minimum absolute atomic E-state index is 0.359. The van der Waals surface area contributed by atoms with Gasteiger partial charge >= 0.3 is 0 Å². The molecule has 3 aromatic rings. The molecule has 0 saturated heterocycles. The average molecular weight is 424 g/mol. The lowest BCUT2D eigenvalue weighted by molar-refractivity contribution is 0.324. The van der Waals surface area contributed by atoms with E-state index in [1.807, 2.05) is 23.7 Å². The first-order valence-electron chi connectivity index (χ1n) is 8.25. The molecule has 1 aromatic heterocycles. The summed E-state index contributed by atoms with van der Waals surface area (Å²) < 4.78 is 31.2. The second-order valence-electron chi connectivity index (χ2n) is 5.80. The molecule has 0 unspecified atom stereocenters. The van der Waals surface area contributed by atoms with Gasteiger partial charge in [0.05, 0.1) is 21.3 Å². The van der Waals surface area contributed by atoms with Gasteiger partial charge in [0.25, 0.3) is 0 Å². The van der Waals surface area contributed by atoms with E-state index in [1.165, 1.54) is 23.9 Å². The number of hydrogen-bond acceptors (Lipinski definition) is 6. The Balaban J connectivity index is 1.88. The molecule has 28 heavy (non-hydrogen) atoms. The molecular formula is C19H19ClFN3O3S. The third-order valence-electron chi connectivity index (χ3n) is 4.13. The van der Waals surface area contributed by atoms with Crippen LogP contribution in [0, 0.1) is 5.82 Å². The number of aromatic nitrogens is 3. The SMILES string of the molecule is COc1cc(-c2nnc(SCc3ccc(F)cc3Cl)n2C)cc(OC)c1OC. The first kappa shape index (κ1) is 20.3. The van der Waals surface area contributed by atoms with Crippen LogP contribution in [0.4, 0.5) is 4.39 Å². The van der Waals surface area contributed by atoms with Gasteiger partial charge in [0, 0.05) is 23.4 Å². The first-order chi connectivity index (χ1) is 13.5. The van der Waals surface area contributed by atoms with Gasteiger partial charge in [-0.25, -0.2) is 4.39 Å². The van der Waals surface area contributed by atoms with Crippen LogP contribution in [-0.2, 0) is 12.8 Å². The summed E-state index contributed by atoms with van der Waals surface area (Å²) in [6.07, 6.45) is 0. The van der Waals surface area contributed by atoms with Gasteiger partial charge in [-0.1, -0.05) is 29.4 Å². The number of hydrogen-bond donors (Lipinski definition) is 0. The fourth-order valence-corrected chi connectivity index (χ4v) is 3.91. The molecule has 0 aliphatic rings. The maximum absolute atomic E-state index is 13.2. The molecule has 0 bridgehead atoms. The van der Waals surface area contributed by atoms with E-state index in [9.17, 15) is 4.39 Å². The molecule has 0 spiro atoms. The van der Waals surface area contributed by atoms with Gasteiger partial charge in [-0.15, -0.1) is 10.2 Å². The van der Waals surface area contributed by atoms with Crippen LogP contribution < -0.4 is 14.2 Å². The van der Waals surface area contributed by atoms with Crippen LogP contribution in [0.15, 0.2) is 35.5 Å². The van der Waals surface area contributed by atoms with Crippen molar-refractivity contribution in [3.63, 3.8) is 0 Å². The normalized spacial score (nSPS) is 10.8. The predicted molar refractivity (Wildman–Crippen MR) is 107 cm³/mol. The molecule has 0 fully saturated rings. The monoisotopic (exact) mass is 423 g/mol. The fourth-order valence-electron chi connectivity index (χ4n) is 2.68. The second kappa shape index (κ2) is 8.70. The Kier molecular flexibility index (Phi) is 6.31. The third-order valence-corrected chi connectivity index (χ3v) is 5.55. The number of rotatable bonds is 7. The molecule has 0 N–H and O–H groups in total. The molecule has 1 heterocycles. The van der Waals surface area contributed by atoms with E-state index >= 15 is 0 Å². The average Bonchev–Trinajstić information content (AvgIpc) is 3.06. The van der Waals surface area contributed by atoms with Gasteiger partial charge in [-0.2, -0.15) is 0 Å². The van der Waals surface area contributed by atoms with Crippen LogP contribution in [-0.4, -0.2) is 36.1 Å². The lowest BCUT2D eigenvalue weighted by atomic mass is 10.1. The lowest BCUT2D eigenvalue weighted by Crippen LogP contribution is -1.99. The van der Waals surface area contributed by atoms with Crippen LogP contribution in [0.25, 0.3) is 11.4 Å². The number of nitrogens with zero attached hydrogens (tertiary/aromatic N) is 3. The molecule has 0 aliphatic carbocycles. The number of benzene rings is 2. The highest BCUT2D eigenvalue weighted by Gasteiger charge is 2.18. The lowest BCUT2D eigenvalue weighted by Gasteiger charge is -2.14.